The molecule has 0 fully saturated rings. The number of ether oxygens (including phenoxy) is 1. The highest BCUT2D eigenvalue weighted by Crippen LogP contribution is 1.94. The van der Waals surface area contributed by atoms with Gasteiger partial charge in [0.15, 0.2) is 0 Å². The summed E-state index contributed by atoms with van der Waals surface area (Å²) >= 11 is 0. The SMILES string of the molecule is CCCCCNCCCOCCCCC. The van der Waals surface area contributed by atoms with Gasteiger partial charge in [0, 0.05) is 13.2 Å². The molecule has 0 saturated carbocycles. The van der Waals surface area contributed by atoms with E-state index < -0.39 is 0 Å². The van der Waals surface area contributed by atoms with Crippen molar-refractivity contribution in [3.05, 3.63) is 0 Å². The average Bonchev–Trinajstić information content (AvgIpc) is 2.26. The van der Waals surface area contributed by atoms with E-state index in [-0.39, 0.29) is 0 Å². The third-order valence-electron chi connectivity index (χ3n) is 2.49. The van der Waals surface area contributed by atoms with Crippen LogP contribution in [0.15, 0.2) is 0 Å². The Morgan fingerprint density at radius 3 is 2.07 bits per heavy atom. The standard InChI is InChI=1S/C13H29NO/c1-3-5-7-10-14-11-9-13-15-12-8-6-4-2/h14H,3-13H2,1-2H3. The molecule has 0 atom stereocenters. The zero-order valence-corrected chi connectivity index (χ0v) is 10.7. The fourth-order valence-corrected chi connectivity index (χ4v) is 1.48. The van der Waals surface area contributed by atoms with Crippen molar-refractivity contribution in [1.29, 1.82) is 0 Å². The Morgan fingerprint density at radius 2 is 1.33 bits per heavy atom. The molecule has 2 heteroatoms. The van der Waals surface area contributed by atoms with Gasteiger partial charge in [0.2, 0.25) is 0 Å². The van der Waals surface area contributed by atoms with Crippen LogP contribution in [0.5, 0.6) is 0 Å². The van der Waals surface area contributed by atoms with Crippen LogP contribution < -0.4 is 5.32 Å². The second-order valence-corrected chi connectivity index (χ2v) is 4.13. The van der Waals surface area contributed by atoms with E-state index in [9.17, 15) is 0 Å². The highest BCUT2D eigenvalue weighted by atomic mass is 16.5. The first-order valence-corrected chi connectivity index (χ1v) is 6.70. The van der Waals surface area contributed by atoms with E-state index in [2.05, 4.69) is 19.2 Å². The lowest BCUT2D eigenvalue weighted by Crippen LogP contribution is -2.18. The van der Waals surface area contributed by atoms with Gasteiger partial charge in [-0.05, 0) is 32.4 Å². The van der Waals surface area contributed by atoms with Crippen LogP contribution in [0.3, 0.4) is 0 Å². The van der Waals surface area contributed by atoms with Gasteiger partial charge in [0.25, 0.3) is 0 Å². The monoisotopic (exact) mass is 215 g/mol. The molecule has 0 unspecified atom stereocenters. The molecule has 0 saturated heterocycles. The lowest BCUT2D eigenvalue weighted by atomic mass is 10.2. The summed E-state index contributed by atoms with van der Waals surface area (Å²) < 4.78 is 5.52. The molecule has 0 heterocycles. The molecule has 0 rings (SSSR count). The normalized spacial score (nSPS) is 10.8. The van der Waals surface area contributed by atoms with Gasteiger partial charge in [-0.15, -0.1) is 0 Å². The third kappa shape index (κ3) is 13.9. The molecule has 0 aliphatic heterocycles. The Bertz CT molecular complexity index is 94.7. The van der Waals surface area contributed by atoms with Crippen LogP contribution >= 0.6 is 0 Å². The van der Waals surface area contributed by atoms with Crippen LogP contribution in [0.4, 0.5) is 0 Å². The maximum atomic E-state index is 5.52. The lowest BCUT2D eigenvalue weighted by Gasteiger charge is -2.05. The molecular formula is C13H29NO. The number of hydrogen-bond acceptors (Lipinski definition) is 2. The highest BCUT2D eigenvalue weighted by molar-refractivity contribution is 4.48. The number of rotatable bonds is 12. The van der Waals surface area contributed by atoms with E-state index in [1.807, 2.05) is 0 Å². The van der Waals surface area contributed by atoms with E-state index in [1.165, 1.54) is 45.1 Å². The Morgan fingerprint density at radius 1 is 0.733 bits per heavy atom. The molecule has 1 N–H and O–H groups in total. The second-order valence-electron chi connectivity index (χ2n) is 4.13. The summed E-state index contributed by atoms with van der Waals surface area (Å²) in [5, 5.41) is 3.44. The fourth-order valence-electron chi connectivity index (χ4n) is 1.48. The first kappa shape index (κ1) is 14.9. The van der Waals surface area contributed by atoms with Crippen molar-refractivity contribution in [3.8, 4) is 0 Å². The van der Waals surface area contributed by atoms with E-state index >= 15 is 0 Å². The maximum Gasteiger partial charge on any atom is 0.0478 e. The molecule has 0 radical (unpaired) electrons. The van der Waals surface area contributed by atoms with Gasteiger partial charge in [-0.3, -0.25) is 0 Å². The summed E-state index contributed by atoms with van der Waals surface area (Å²) in [5.74, 6) is 0. The summed E-state index contributed by atoms with van der Waals surface area (Å²) in [6, 6.07) is 0. The predicted molar refractivity (Wildman–Crippen MR) is 67.4 cm³/mol. The van der Waals surface area contributed by atoms with Gasteiger partial charge in [-0.2, -0.15) is 0 Å². The molecule has 0 aliphatic carbocycles. The molecule has 0 spiro atoms. The Labute approximate surface area is 95.8 Å². The van der Waals surface area contributed by atoms with Crippen molar-refractivity contribution in [1.82, 2.24) is 5.32 Å². The maximum absolute atomic E-state index is 5.52. The highest BCUT2D eigenvalue weighted by Gasteiger charge is 1.90. The minimum absolute atomic E-state index is 0.921. The van der Waals surface area contributed by atoms with Gasteiger partial charge in [0.1, 0.15) is 0 Å². The van der Waals surface area contributed by atoms with Gasteiger partial charge < -0.3 is 10.1 Å². The van der Waals surface area contributed by atoms with Crippen molar-refractivity contribution < 1.29 is 4.74 Å². The minimum Gasteiger partial charge on any atom is -0.381 e. The van der Waals surface area contributed by atoms with Crippen LogP contribution in [-0.2, 0) is 4.74 Å². The Kier molecular flexibility index (Phi) is 13.8. The predicted octanol–water partition coefficient (Wildman–Crippen LogP) is 3.36. The number of unbranched alkanes of at least 4 members (excludes halogenated alkanes) is 4. The smallest absolute Gasteiger partial charge is 0.0478 e. The Balaban J connectivity index is 2.81. The molecule has 0 bridgehead atoms. The molecule has 0 amide bonds. The summed E-state index contributed by atoms with van der Waals surface area (Å²) in [4.78, 5) is 0. The summed E-state index contributed by atoms with van der Waals surface area (Å²) in [7, 11) is 0. The molecule has 0 aromatic carbocycles. The van der Waals surface area contributed by atoms with Gasteiger partial charge in [0.05, 0.1) is 0 Å². The molecule has 0 aromatic heterocycles. The number of nitrogens with one attached hydrogen (secondary N) is 1. The average molecular weight is 215 g/mol. The van der Waals surface area contributed by atoms with E-state index in [4.69, 9.17) is 4.74 Å². The third-order valence-corrected chi connectivity index (χ3v) is 2.49. The fraction of sp³-hybridized carbons (Fsp3) is 1.00. The van der Waals surface area contributed by atoms with Crippen molar-refractivity contribution in [2.75, 3.05) is 26.3 Å². The van der Waals surface area contributed by atoms with Crippen molar-refractivity contribution in [2.24, 2.45) is 0 Å². The summed E-state index contributed by atoms with van der Waals surface area (Å²) in [6.45, 7) is 8.61. The second kappa shape index (κ2) is 13.9. The molecule has 0 aliphatic rings. The molecule has 92 valence electrons. The number of hydrogen-bond donors (Lipinski definition) is 1. The van der Waals surface area contributed by atoms with E-state index in [0.717, 1.165) is 26.2 Å². The van der Waals surface area contributed by atoms with Gasteiger partial charge in [-0.25, -0.2) is 0 Å². The van der Waals surface area contributed by atoms with Crippen LogP contribution in [0, 0.1) is 0 Å². The molecule has 0 aromatic rings. The summed E-state index contributed by atoms with van der Waals surface area (Å²) in [5.41, 5.74) is 0. The first-order valence-electron chi connectivity index (χ1n) is 6.70. The molecule has 2 nitrogen and oxygen atoms in total. The molecular weight excluding hydrogens is 186 g/mol. The topological polar surface area (TPSA) is 21.3 Å². The van der Waals surface area contributed by atoms with Gasteiger partial charge >= 0.3 is 0 Å². The van der Waals surface area contributed by atoms with Crippen molar-refractivity contribution >= 4 is 0 Å². The van der Waals surface area contributed by atoms with Crippen LogP contribution in [0.1, 0.15) is 58.8 Å². The summed E-state index contributed by atoms with van der Waals surface area (Å²) in [6.07, 6.45) is 8.92. The lowest BCUT2D eigenvalue weighted by molar-refractivity contribution is 0.128. The van der Waals surface area contributed by atoms with Crippen molar-refractivity contribution in [3.63, 3.8) is 0 Å². The first-order chi connectivity index (χ1) is 7.41. The van der Waals surface area contributed by atoms with Crippen molar-refractivity contribution in [2.45, 2.75) is 58.8 Å². The molecule has 15 heavy (non-hydrogen) atoms. The largest absolute Gasteiger partial charge is 0.381 e. The van der Waals surface area contributed by atoms with Crippen LogP contribution in [0.25, 0.3) is 0 Å². The zero-order valence-electron chi connectivity index (χ0n) is 10.7. The Hall–Kier alpha value is -0.0800. The van der Waals surface area contributed by atoms with E-state index in [0.29, 0.717) is 0 Å². The van der Waals surface area contributed by atoms with E-state index in [1.54, 1.807) is 0 Å². The van der Waals surface area contributed by atoms with Crippen LogP contribution in [-0.4, -0.2) is 26.3 Å². The minimum atomic E-state index is 0.921. The van der Waals surface area contributed by atoms with Crippen LogP contribution in [0.2, 0.25) is 0 Å². The quantitative estimate of drug-likeness (QED) is 0.504. The zero-order chi connectivity index (χ0) is 11.2. The van der Waals surface area contributed by atoms with Gasteiger partial charge in [-0.1, -0.05) is 39.5 Å².